The molecule has 0 aliphatic carbocycles. The predicted molar refractivity (Wildman–Crippen MR) is 93.6 cm³/mol. The van der Waals surface area contributed by atoms with Crippen molar-refractivity contribution in [3.05, 3.63) is 18.3 Å². The smallest absolute Gasteiger partial charge is 0.270 e. The fraction of sp³-hybridized carbons (Fsp3) is 0.529. The van der Waals surface area contributed by atoms with E-state index in [1.165, 1.54) is 5.01 Å². The number of ether oxygens (including phenoxy) is 1. The van der Waals surface area contributed by atoms with Gasteiger partial charge in [0.05, 0.1) is 6.54 Å². The summed E-state index contributed by atoms with van der Waals surface area (Å²) in [6, 6.07) is 3.72. The molecule has 3 heterocycles. The van der Waals surface area contributed by atoms with Crippen molar-refractivity contribution >= 4 is 23.3 Å². The minimum Gasteiger partial charge on any atom is -0.485 e. The van der Waals surface area contributed by atoms with Crippen LogP contribution < -0.4 is 9.64 Å². The van der Waals surface area contributed by atoms with Crippen LogP contribution in [0.2, 0.25) is 0 Å². The number of pyridine rings is 1. The van der Waals surface area contributed by atoms with Gasteiger partial charge in [0, 0.05) is 53.1 Å². The van der Waals surface area contributed by atoms with Gasteiger partial charge in [-0.05, 0) is 12.1 Å². The second kappa shape index (κ2) is 7.08. The molecule has 1 saturated heterocycles. The maximum Gasteiger partial charge on any atom is 0.270 e. The van der Waals surface area contributed by atoms with E-state index in [1.54, 1.807) is 18.1 Å². The highest BCUT2D eigenvalue weighted by atomic mass is 16.5. The summed E-state index contributed by atoms with van der Waals surface area (Å²) in [4.78, 5) is 32.1. The second-order valence-electron chi connectivity index (χ2n) is 6.46. The molecule has 3 rings (SSSR count). The molecule has 2 aliphatic heterocycles. The van der Waals surface area contributed by atoms with Crippen LogP contribution in [0.3, 0.4) is 0 Å². The summed E-state index contributed by atoms with van der Waals surface area (Å²) in [6.07, 6.45) is 3.14. The Labute approximate surface area is 147 Å². The molecule has 1 fully saturated rings. The van der Waals surface area contributed by atoms with Gasteiger partial charge < -0.3 is 14.5 Å². The van der Waals surface area contributed by atoms with Crippen LogP contribution in [-0.4, -0.2) is 72.8 Å². The van der Waals surface area contributed by atoms with E-state index >= 15 is 0 Å². The van der Waals surface area contributed by atoms with E-state index in [0.717, 1.165) is 12.2 Å². The van der Waals surface area contributed by atoms with Gasteiger partial charge in [0.15, 0.2) is 11.6 Å². The van der Waals surface area contributed by atoms with Gasteiger partial charge in [-0.2, -0.15) is 5.10 Å². The van der Waals surface area contributed by atoms with Gasteiger partial charge in [0.2, 0.25) is 5.91 Å². The topological polar surface area (TPSA) is 78.3 Å². The Morgan fingerprint density at radius 2 is 2.16 bits per heavy atom. The zero-order chi connectivity index (χ0) is 18.0. The number of nitrogens with zero attached hydrogens (tertiary/aromatic N) is 5. The first-order valence-electron chi connectivity index (χ1n) is 8.38. The lowest BCUT2D eigenvalue weighted by molar-refractivity contribution is -0.130. The van der Waals surface area contributed by atoms with E-state index in [9.17, 15) is 9.59 Å². The van der Waals surface area contributed by atoms with Crippen molar-refractivity contribution in [1.29, 1.82) is 0 Å². The Kier molecular flexibility index (Phi) is 4.87. The number of aromatic nitrogens is 1. The van der Waals surface area contributed by atoms with Crippen LogP contribution in [-0.2, 0) is 9.59 Å². The lowest BCUT2D eigenvalue weighted by Gasteiger charge is -2.23. The summed E-state index contributed by atoms with van der Waals surface area (Å²) in [6.45, 7) is 1.13. The minimum atomic E-state index is -0.107. The summed E-state index contributed by atoms with van der Waals surface area (Å²) in [5.41, 5.74) is 0.443. The SMILES string of the molecule is CN1N=C(C(=O)N2CC[C@H](Oc3cccnc3N(C)C)C2)CCC1=O. The third-order valence-corrected chi connectivity index (χ3v) is 4.35. The van der Waals surface area contributed by atoms with Crippen molar-refractivity contribution in [2.75, 3.05) is 39.1 Å². The molecular weight excluding hydrogens is 322 g/mol. The van der Waals surface area contributed by atoms with E-state index in [2.05, 4.69) is 10.1 Å². The molecule has 1 aromatic heterocycles. The monoisotopic (exact) mass is 345 g/mol. The normalized spacial score (nSPS) is 20.5. The lowest BCUT2D eigenvalue weighted by atomic mass is 10.1. The van der Waals surface area contributed by atoms with Crippen LogP contribution in [0.25, 0.3) is 0 Å². The Hall–Kier alpha value is -2.64. The molecule has 0 saturated carbocycles. The molecule has 0 aromatic carbocycles. The zero-order valence-corrected chi connectivity index (χ0v) is 14.8. The molecular formula is C17H23N5O3. The molecule has 2 amide bonds. The molecule has 0 spiro atoms. The van der Waals surface area contributed by atoms with Crippen LogP contribution in [0.4, 0.5) is 5.82 Å². The highest BCUT2D eigenvalue weighted by molar-refractivity contribution is 6.39. The molecule has 0 unspecified atom stereocenters. The van der Waals surface area contributed by atoms with E-state index in [-0.39, 0.29) is 17.9 Å². The third-order valence-electron chi connectivity index (χ3n) is 4.35. The van der Waals surface area contributed by atoms with Gasteiger partial charge in [-0.15, -0.1) is 0 Å². The van der Waals surface area contributed by atoms with Gasteiger partial charge >= 0.3 is 0 Å². The summed E-state index contributed by atoms with van der Waals surface area (Å²) < 4.78 is 6.07. The Balaban J connectivity index is 1.64. The van der Waals surface area contributed by atoms with Crippen molar-refractivity contribution in [1.82, 2.24) is 14.9 Å². The molecule has 8 nitrogen and oxygen atoms in total. The van der Waals surface area contributed by atoms with E-state index in [4.69, 9.17) is 4.74 Å². The molecule has 0 N–H and O–H groups in total. The first-order chi connectivity index (χ1) is 12.0. The maximum atomic E-state index is 12.6. The number of hydrogen-bond acceptors (Lipinski definition) is 6. The van der Waals surface area contributed by atoms with Crippen molar-refractivity contribution in [3.8, 4) is 5.75 Å². The molecule has 2 aliphatic rings. The van der Waals surface area contributed by atoms with Crippen LogP contribution in [0.5, 0.6) is 5.75 Å². The number of carbonyl (C=O) groups excluding carboxylic acids is 2. The number of rotatable bonds is 4. The molecule has 1 atom stereocenters. The van der Waals surface area contributed by atoms with Crippen molar-refractivity contribution < 1.29 is 14.3 Å². The second-order valence-corrected chi connectivity index (χ2v) is 6.46. The van der Waals surface area contributed by atoms with Crippen LogP contribution in [0.15, 0.2) is 23.4 Å². The summed E-state index contributed by atoms with van der Waals surface area (Å²) in [5, 5.41) is 5.36. The number of anilines is 1. The Morgan fingerprint density at radius 1 is 1.36 bits per heavy atom. The summed E-state index contributed by atoms with van der Waals surface area (Å²) in [5.74, 6) is 1.31. The van der Waals surface area contributed by atoms with E-state index in [1.807, 2.05) is 31.1 Å². The highest BCUT2D eigenvalue weighted by Gasteiger charge is 2.32. The average molecular weight is 345 g/mol. The molecule has 0 radical (unpaired) electrons. The van der Waals surface area contributed by atoms with Crippen molar-refractivity contribution in [2.45, 2.75) is 25.4 Å². The van der Waals surface area contributed by atoms with Gasteiger partial charge in [-0.1, -0.05) is 0 Å². The van der Waals surface area contributed by atoms with Gasteiger partial charge in [-0.3, -0.25) is 9.59 Å². The van der Waals surface area contributed by atoms with E-state index < -0.39 is 0 Å². The van der Waals surface area contributed by atoms with E-state index in [0.29, 0.717) is 37.4 Å². The summed E-state index contributed by atoms with van der Waals surface area (Å²) >= 11 is 0. The van der Waals surface area contributed by atoms with Crippen LogP contribution >= 0.6 is 0 Å². The largest absolute Gasteiger partial charge is 0.485 e. The van der Waals surface area contributed by atoms with Crippen molar-refractivity contribution in [2.24, 2.45) is 5.10 Å². The molecule has 0 bridgehead atoms. The minimum absolute atomic E-state index is 0.0630. The zero-order valence-electron chi connectivity index (χ0n) is 14.8. The number of hydrazone groups is 1. The number of hydrogen-bond donors (Lipinski definition) is 0. The van der Waals surface area contributed by atoms with Gasteiger partial charge in [-0.25, -0.2) is 9.99 Å². The number of likely N-dealkylation sites (tertiary alicyclic amines) is 1. The Morgan fingerprint density at radius 3 is 2.88 bits per heavy atom. The maximum absolute atomic E-state index is 12.6. The Bertz CT molecular complexity index is 703. The van der Waals surface area contributed by atoms with Gasteiger partial charge in [0.1, 0.15) is 11.8 Å². The first-order valence-corrected chi connectivity index (χ1v) is 8.38. The quantitative estimate of drug-likeness (QED) is 0.804. The molecule has 8 heteroatoms. The van der Waals surface area contributed by atoms with Crippen molar-refractivity contribution in [3.63, 3.8) is 0 Å². The summed E-state index contributed by atoms with van der Waals surface area (Å²) in [7, 11) is 5.41. The average Bonchev–Trinajstić information content (AvgIpc) is 3.05. The third kappa shape index (κ3) is 3.72. The fourth-order valence-electron chi connectivity index (χ4n) is 3.00. The fourth-order valence-corrected chi connectivity index (χ4v) is 3.00. The number of amides is 2. The van der Waals surface area contributed by atoms with Crippen LogP contribution in [0, 0.1) is 0 Å². The number of carbonyl (C=O) groups is 2. The molecule has 25 heavy (non-hydrogen) atoms. The predicted octanol–water partition coefficient (Wildman–Crippen LogP) is 0.735. The standard InChI is InChI=1S/C17H23N5O3/c1-20(2)16-14(5-4-9-18-16)25-12-8-10-22(11-12)17(24)13-6-7-15(23)21(3)19-13/h4-5,9,12H,6-8,10-11H2,1-3H3/t12-/m0/s1. The van der Waals surface area contributed by atoms with Gasteiger partial charge in [0.25, 0.3) is 5.91 Å². The first kappa shape index (κ1) is 17.2. The van der Waals surface area contributed by atoms with Crippen LogP contribution in [0.1, 0.15) is 19.3 Å². The lowest BCUT2D eigenvalue weighted by Crippen LogP contribution is -2.40. The molecule has 1 aromatic rings. The molecule has 134 valence electrons. The highest BCUT2D eigenvalue weighted by Crippen LogP contribution is 2.27.